The summed E-state index contributed by atoms with van der Waals surface area (Å²) in [5.41, 5.74) is 6.30. The van der Waals surface area contributed by atoms with Crippen LogP contribution >= 0.6 is 11.6 Å². The summed E-state index contributed by atoms with van der Waals surface area (Å²) in [5.74, 6) is -0.0183. The van der Waals surface area contributed by atoms with Crippen LogP contribution in [0.25, 0.3) is 22.5 Å². The third kappa shape index (κ3) is 5.61. The highest BCUT2D eigenvalue weighted by Crippen LogP contribution is 2.26. The van der Waals surface area contributed by atoms with Crippen LogP contribution in [0.5, 0.6) is 5.75 Å². The van der Waals surface area contributed by atoms with Gasteiger partial charge in [-0.2, -0.15) is 5.10 Å². The lowest BCUT2D eigenvalue weighted by atomic mass is 10.0. The van der Waals surface area contributed by atoms with E-state index in [0.717, 1.165) is 16.9 Å². The van der Waals surface area contributed by atoms with Crippen LogP contribution in [0.2, 0.25) is 5.02 Å². The Bertz CT molecular complexity index is 1230. The monoisotopic (exact) mass is 459 g/mol. The van der Waals surface area contributed by atoms with Crippen molar-refractivity contribution in [3.63, 3.8) is 0 Å². The van der Waals surface area contributed by atoms with Crippen LogP contribution in [0.3, 0.4) is 0 Å². The van der Waals surface area contributed by atoms with Crippen LogP contribution in [0.4, 0.5) is 4.39 Å². The van der Waals surface area contributed by atoms with Gasteiger partial charge in [-0.1, -0.05) is 23.7 Å². The molecule has 1 amide bonds. The van der Waals surface area contributed by atoms with Gasteiger partial charge >= 0.3 is 0 Å². The molecule has 0 unspecified atom stereocenters. The Labute approximate surface area is 195 Å². The number of ether oxygens (including phenoxy) is 1. The van der Waals surface area contributed by atoms with E-state index in [9.17, 15) is 9.18 Å². The number of carbonyl (C=O) groups is 1. The fourth-order valence-electron chi connectivity index (χ4n) is 3.12. The van der Waals surface area contributed by atoms with Crippen molar-refractivity contribution in [1.82, 2.24) is 10.4 Å². The van der Waals surface area contributed by atoms with Crippen molar-refractivity contribution in [3.05, 3.63) is 107 Å². The maximum Gasteiger partial charge on any atom is 0.271 e. The van der Waals surface area contributed by atoms with Crippen molar-refractivity contribution in [1.29, 1.82) is 0 Å². The zero-order valence-electron chi connectivity index (χ0n) is 17.6. The molecule has 0 saturated heterocycles. The second kappa shape index (κ2) is 10.1. The summed E-state index contributed by atoms with van der Waals surface area (Å²) in [5, 5.41) is 4.65. The first-order valence-corrected chi connectivity index (χ1v) is 10.4. The van der Waals surface area contributed by atoms with Gasteiger partial charge in [-0.3, -0.25) is 4.79 Å². The number of benzene rings is 3. The molecule has 1 aromatic heterocycles. The van der Waals surface area contributed by atoms with Gasteiger partial charge in [-0.15, -0.1) is 0 Å². The maximum absolute atomic E-state index is 13.4. The van der Waals surface area contributed by atoms with Crippen LogP contribution in [0.1, 0.15) is 15.9 Å². The Morgan fingerprint density at radius 1 is 0.939 bits per heavy atom. The molecule has 4 rings (SSSR count). The number of amides is 1. The van der Waals surface area contributed by atoms with Crippen LogP contribution in [0.15, 0.2) is 90.0 Å². The molecular formula is C26H19ClFN3O2. The predicted molar refractivity (Wildman–Crippen MR) is 128 cm³/mol. The number of nitrogens with zero attached hydrogens (tertiary/aromatic N) is 2. The first-order chi connectivity index (χ1) is 16.0. The third-order valence-electron chi connectivity index (χ3n) is 4.86. The number of rotatable bonds is 6. The standard InChI is InChI=1S/C26H19ClFN3O2/c1-33-23-12-2-17(3-13-23)16-29-31-26(32)20-14-24(18-4-8-21(27)9-5-18)30-25(15-20)19-6-10-22(28)11-7-19/h2-16H,1H3,(H,31,32)/b29-16-. The minimum atomic E-state index is -0.402. The molecule has 0 spiro atoms. The first-order valence-electron chi connectivity index (χ1n) is 10.0. The number of hydrogen-bond donors (Lipinski definition) is 1. The highest BCUT2D eigenvalue weighted by Gasteiger charge is 2.12. The van der Waals surface area contributed by atoms with Gasteiger partial charge in [0, 0.05) is 21.7 Å². The number of hydrazone groups is 1. The summed E-state index contributed by atoms with van der Waals surface area (Å²) < 4.78 is 18.5. The molecule has 1 heterocycles. The Kier molecular flexibility index (Phi) is 6.76. The van der Waals surface area contributed by atoms with Crippen molar-refractivity contribution >= 4 is 23.7 Å². The zero-order valence-corrected chi connectivity index (χ0v) is 18.4. The summed E-state index contributed by atoms with van der Waals surface area (Å²) in [7, 11) is 1.59. The molecule has 0 bridgehead atoms. The Balaban J connectivity index is 1.63. The van der Waals surface area contributed by atoms with Crippen molar-refractivity contribution in [2.75, 3.05) is 7.11 Å². The Hall–Kier alpha value is -4.03. The van der Waals surface area contributed by atoms with Gasteiger partial charge in [0.25, 0.3) is 5.91 Å². The fraction of sp³-hybridized carbons (Fsp3) is 0.0385. The first kappa shape index (κ1) is 22.2. The van der Waals surface area contributed by atoms with Crippen LogP contribution in [0, 0.1) is 5.82 Å². The molecule has 0 aliphatic rings. The smallest absolute Gasteiger partial charge is 0.271 e. The molecule has 7 heteroatoms. The molecule has 0 radical (unpaired) electrons. The van der Waals surface area contributed by atoms with Crippen molar-refractivity contribution < 1.29 is 13.9 Å². The Morgan fingerprint density at radius 3 is 2.09 bits per heavy atom. The third-order valence-corrected chi connectivity index (χ3v) is 5.12. The number of nitrogens with one attached hydrogen (secondary N) is 1. The van der Waals surface area contributed by atoms with Gasteiger partial charge < -0.3 is 4.74 Å². The molecule has 0 fully saturated rings. The van der Waals surface area contributed by atoms with E-state index in [4.69, 9.17) is 16.3 Å². The predicted octanol–water partition coefficient (Wildman–Crippen LogP) is 5.98. The largest absolute Gasteiger partial charge is 0.497 e. The fourth-order valence-corrected chi connectivity index (χ4v) is 3.24. The molecule has 3 aromatic carbocycles. The normalized spacial score (nSPS) is 10.9. The molecule has 0 saturated carbocycles. The lowest BCUT2D eigenvalue weighted by Gasteiger charge is -2.09. The zero-order chi connectivity index (χ0) is 23.2. The average Bonchev–Trinajstić information content (AvgIpc) is 2.85. The minimum Gasteiger partial charge on any atom is -0.497 e. The quantitative estimate of drug-likeness (QED) is 0.285. The van der Waals surface area contributed by atoms with Gasteiger partial charge in [-0.05, 0) is 78.4 Å². The molecular weight excluding hydrogens is 441 g/mol. The second-order valence-corrected chi connectivity index (χ2v) is 7.55. The van der Waals surface area contributed by atoms with Gasteiger partial charge in [0.2, 0.25) is 0 Å². The lowest BCUT2D eigenvalue weighted by molar-refractivity contribution is 0.0955. The van der Waals surface area contributed by atoms with Crippen molar-refractivity contribution in [2.45, 2.75) is 0 Å². The molecule has 0 aliphatic heterocycles. The molecule has 4 aromatic rings. The van der Waals surface area contributed by atoms with E-state index >= 15 is 0 Å². The number of aromatic nitrogens is 1. The number of hydrogen-bond acceptors (Lipinski definition) is 4. The summed E-state index contributed by atoms with van der Waals surface area (Å²) in [6.07, 6.45) is 1.54. The lowest BCUT2D eigenvalue weighted by Crippen LogP contribution is -2.18. The number of pyridine rings is 1. The summed E-state index contributed by atoms with van der Waals surface area (Å²) in [6, 6.07) is 23.7. The number of carbonyl (C=O) groups excluding carboxylic acids is 1. The van der Waals surface area contributed by atoms with Gasteiger partial charge in [-0.25, -0.2) is 14.8 Å². The van der Waals surface area contributed by atoms with Crippen LogP contribution in [-0.2, 0) is 0 Å². The molecule has 5 nitrogen and oxygen atoms in total. The van der Waals surface area contributed by atoms with E-state index in [1.807, 2.05) is 24.3 Å². The van der Waals surface area contributed by atoms with E-state index in [2.05, 4.69) is 15.5 Å². The summed E-state index contributed by atoms with van der Waals surface area (Å²) >= 11 is 6.00. The second-order valence-electron chi connectivity index (χ2n) is 7.11. The molecule has 164 valence electrons. The van der Waals surface area contributed by atoms with E-state index in [-0.39, 0.29) is 5.82 Å². The highest BCUT2D eigenvalue weighted by molar-refractivity contribution is 6.30. The molecule has 0 atom stereocenters. The van der Waals surface area contributed by atoms with Gasteiger partial charge in [0.15, 0.2) is 0 Å². The topological polar surface area (TPSA) is 63.6 Å². The average molecular weight is 460 g/mol. The van der Waals surface area contributed by atoms with Gasteiger partial charge in [0.05, 0.1) is 24.7 Å². The molecule has 0 aliphatic carbocycles. The van der Waals surface area contributed by atoms with Crippen LogP contribution in [-0.4, -0.2) is 24.2 Å². The highest BCUT2D eigenvalue weighted by atomic mass is 35.5. The Morgan fingerprint density at radius 2 is 1.52 bits per heavy atom. The SMILES string of the molecule is COc1ccc(/C=N\NC(=O)c2cc(-c3ccc(F)cc3)nc(-c3ccc(Cl)cc3)c2)cc1. The maximum atomic E-state index is 13.4. The summed E-state index contributed by atoms with van der Waals surface area (Å²) in [6.45, 7) is 0. The van der Waals surface area contributed by atoms with Gasteiger partial charge in [0.1, 0.15) is 11.6 Å². The van der Waals surface area contributed by atoms with E-state index in [1.165, 1.54) is 12.1 Å². The molecule has 33 heavy (non-hydrogen) atoms. The molecule has 1 N–H and O–H groups in total. The van der Waals surface area contributed by atoms with Crippen molar-refractivity contribution in [2.24, 2.45) is 5.10 Å². The van der Waals surface area contributed by atoms with E-state index in [0.29, 0.717) is 27.5 Å². The van der Waals surface area contributed by atoms with Crippen LogP contribution < -0.4 is 10.2 Å². The van der Waals surface area contributed by atoms with Crippen molar-refractivity contribution in [3.8, 4) is 28.3 Å². The summed E-state index contributed by atoms with van der Waals surface area (Å²) in [4.78, 5) is 17.5. The number of methoxy groups -OCH3 is 1. The minimum absolute atomic E-state index is 0.349. The number of halogens is 2. The van der Waals surface area contributed by atoms with E-state index < -0.39 is 5.91 Å². The van der Waals surface area contributed by atoms with E-state index in [1.54, 1.807) is 61.9 Å².